The molecule has 2 heterocycles. The Kier molecular flexibility index (Phi) is 5.00. The van der Waals surface area contributed by atoms with Crippen molar-refractivity contribution < 1.29 is 23.8 Å². The van der Waals surface area contributed by atoms with Crippen molar-refractivity contribution >= 4 is 29.1 Å². The molecule has 2 aromatic rings. The molecule has 0 spiro atoms. The van der Waals surface area contributed by atoms with Gasteiger partial charge in [-0.15, -0.1) is 0 Å². The number of anilines is 1. The van der Waals surface area contributed by atoms with E-state index in [2.05, 4.69) is 5.32 Å². The van der Waals surface area contributed by atoms with Gasteiger partial charge in [0.25, 0.3) is 0 Å². The molecule has 1 saturated heterocycles. The van der Waals surface area contributed by atoms with Crippen LogP contribution in [0.2, 0.25) is 5.02 Å². The Morgan fingerprint density at radius 2 is 2.07 bits per heavy atom. The number of ether oxygens (including phenoxy) is 3. The van der Waals surface area contributed by atoms with Crippen molar-refractivity contribution in [3.63, 3.8) is 0 Å². The van der Waals surface area contributed by atoms with E-state index in [4.69, 9.17) is 25.8 Å². The third-order valence-corrected chi connectivity index (χ3v) is 5.14. The largest absolute Gasteiger partial charge is 0.495 e. The van der Waals surface area contributed by atoms with Crippen LogP contribution in [0.3, 0.4) is 0 Å². The summed E-state index contributed by atoms with van der Waals surface area (Å²) in [5.41, 5.74) is 1.43. The maximum Gasteiger partial charge on any atom is 0.247 e. The standard InChI is InChI=1S/C20H19ClN2O5/c1-26-16-6-3-13(9-14(16)21)22-20(25)15-4-7-19(24)23(15)10-12-2-5-17-18(8-12)28-11-27-17/h2-3,5-6,8-9,15H,4,7,10-11H2,1H3,(H,22,25). The number of carbonyl (C=O) groups excluding carboxylic acids is 2. The van der Waals surface area contributed by atoms with Crippen LogP contribution in [-0.4, -0.2) is 36.7 Å². The van der Waals surface area contributed by atoms with Crippen molar-refractivity contribution in [2.24, 2.45) is 0 Å². The number of amides is 2. The first-order valence-corrected chi connectivity index (χ1v) is 9.25. The highest BCUT2D eigenvalue weighted by Gasteiger charge is 2.36. The highest BCUT2D eigenvalue weighted by Crippen LogP contribution is 2.34. The monoisotopic (exact) mass is 402 g/mol. The minimum Gasteiger partial charge on any atom is -0.495 e. The smallest absolute Gasteiger partial charge is 0.247 e. The molecule has 2 aromatic carbocycles. The van der Waals surface area contributed by atoms with Gasteiger partial charge in [-0.05, 0) is 42.3 Å². The van der Waals surface area contributed by atoms with Crippen LogP contribution in [0.4, 0.5) is 5.69 Å². The lowest BCUT2D eigenvalue weighted by molar-refractivity contribution is -0.133. The van der Waals surface area contributed by atoms with Crippen LogP contribution >= 0.6 is 11.6 Å². The summed E-state index contributed by atoms with van der Waals surface area (Å²) in [6, 6.07) is 10.00. The van der Waals surface area contributed by atoms with Crippen LogP contribution < -0.4 is 19.5 Å². The van der Waals surface area contributed by atoms with E-state index < -0.39 is 6.04 Å². The summed E-state index contributed by atoms with van der Waals surface area (Å²) in [5, 5.41) is 3.24. The fraction of sp³-hybridized carbons (Fsp3) is 0.300. The van der Waals surface area contributed by atoms with Gasteiger partial charge in [-0.1, -0.05) is 17.7 Å². The zero-order chi connectivity index (χ0) is 19.7. The molecule has 2 aliphatic rings. The van der Waals surface area contributed by atoms with Gasteiger partial charge in [-0.2, -0.15) is 0 Å². The molecule has 1 atom stereocenters. The first-order valence-electron chi connectivity index (χ1n) is 8.87. The van der Waals surface area contributed by atoms with Gasteiger partial charge in [0.05, 0.1) is 12.1 Å². The Morgan fingerprint density at radius 3 is 2.86 bits per heavy atom. The molecule has 4 rings (SSSR count). The average molecular weight is 403 g/mol. The van der Waals surface area contributed by atoms with E-state index in [1.807, 2.05) is 18.2 Å². The number of halogens is 1. The van der Waals surface area contributed by atoms with Crippen molar-refractivity contribution in [3.05, 3.63) is 47.0 Å². The molecule has 7 nitrogen and oxygen atoms in total. The van der Waals surface area contributed by atoms with Crippen LogP contribution in [0, 0.1) is 0 Å². The molecule has 0 aromatic heterocycles. The van der Waals surface area contributed by atoms with Crippen molar-refractivity contribution in [1.29, 1.82) is 0 Å². The molecule has 2 aliphatic heterocycles. The van der Waals surface area contributed by atoms with E-state index in [-0.39, 0.29) is 18.6 Å². The lowest BCUT2D eigenvalue weighted by Gasteiger charge is -2.24. The molecule has 0 bridgehead atoms. The van der Waals surface area contributed by atoms with Crippen molar-refractivity contribution in [2.75, 3.05) is 19.2 Å². The molecule has 1 unspecified atom stereocenters. The second-order valence-electron chi connectivity index (χ2n) is 6.60. The maximum absolute atomic E-state index is 12.8. The van der Waals surface area contributed by atoms with Crippen LogP contribution in [0.5, 0.6) is 17.2 Å². The van der Waals surface area contributed by atoms with E-state index in [1.54, 1.807) is 23.1 Å². The number of hydrogen-bond donors (Lipinski definition) is 1. The summed E-state index contributed by atoms with van der Waals surface area (Å²) >= 11 is 6.12. The Balaban J connectivity index is 1.47. The number of nitrogens with zero attached hydrogens (tertiary/aromatic N) is 1. The Morgan fingerprint density at radius 1 is 1.25 bits per heavy atom. The van der Waals surface area contributed by atoms with Gasteiger partial charge in [0.15, 0.2) is 11.5 Å². The predicted molar refractivity (Wildman–Crippen MR) is 103 cm³/mol. The van der Waals surface area contributed by atoms with Gasteiger partial charge < -0.3 is 24.4 Å². The molecule has 0 radical (unpaired) electrons. The van der Waals surface area contributed by atoms with Gasteiger partial charge in [0.2, 0.25) is 18.6 Å². The number of hydrogen-bond acceptors (Lipinski definition) is 5. The zero-order valence-electron chi connectivity index (χ0n) is 15.2. The summed E-state index contributed by atoms with van der Waals surface area (Å²) in [6.45, 7) is 0.522. The highest BCUT2D eigenvalue weighted by atomic mass is 35.5. The molecule has 0 saturated carbocycles. The molecule has 8 heteroatoms. The van der Waals surface area contributed by atoms with E-state index in [0.717, 1.165) is 5.56 Å². The lowest BCUT2D eigenvalue weighted by atomic mass is 10.1. The third-order valence-electron chi connectivity index (χ3n) is 4.84. The summed E-state index contributed by atoms with van der Waals surface area (Å²) in [7, 11) is 1.53. The second-order valence-corrected chi connectivity index (χ2v) is 7.01. The van der Waals surface area contributed by atoms with Gasteiger partial charge >= 0.3 is 0 Å². The molecule has 146 valence electrons. The zero-order valence-corrected chi connectivity index (χ0v) is 16.0. The molecule has 2 amide bonds. The first-order chi connectivity index (χ1) is 13.5. The first kappa shape index (κ1) is 18.4. The van der Waals surface area contributed by atoms with E-state index in [0.29, 0.717) is 47.3 Å². The number of benzene rings is 2. The van der Waals surface area contributed by atoms with Crippen LogP contribution in [0.1, 0.15) is 18.4 Å². The van der Waals surface area contributed by atoms with Crippen LogP contribution in [0.25, 0.3) is 0 Å². The minimum atomic E-state index is -0.543. The summed E-state index contributed by atoms with van der Waals surface area (Å²) in [5.74, 6) is 1.57. The molecule has 1 N–H and O–H groups in total. The summed E-state index contributed by atoms with van der Waals surface area (Å²) < 4.78 is 15.8. The summed E-state index contributed by atoms with van der Waals surface area (Å²) in [4.78, 5) is 26.8. The normalized spacial score (nSPS) is 17.7. The molecule has 0 aliphatic carbocycles. The number of fused-ring (bicyclic) bond motifs is 1. The van der Waals surface area contributed by atoms with Crippen LogP contribution in [0.15, 0.2) is 36.4 Å². The van der Waals surface area contributed by atoms with Gasteiger partial charge in [-0.25, -0.2) is 0 Å². The number of methoxy groups -OCH3 is 1. The fourth-order valence-corrected chi connectivity index (χ4v) is 3.67. The predicted octanol–water partition coefficient (Wildman–Crippen LogP) is 3.21. The van der Waals surface area contributed by atoms with Crippen molar-refractivity contribution in [1.82, 2.24) is 4.90 Å². The third kappa shape index (κ3) is 3.57. The van der Waals surface area contributed by atoms with E-state index in [1.165, 1.54) is 7.11 Å². The highest BCUT2D eigenvalue weighted by molar-refractivity contribution is 6.32. The molecule has 1 fully saturated rings. The van der Waals surface area contributed by atoms with Crippen LogP contribution in [-0.2, 0) is 16.1 Å². The maximum atomic E-state index is 12.8. The SMILES string of the molecule is COc1ccc(NC(=O)C2CCC(=O)N2Cc2ccc3c(c2)OCO3)cc1Cl. The average Bonchev–Trinajstić information content (AvgIpc) is 3.28. The Labute approximate surface area is 167 Å². The number of nitrogens with one attached hydrogen (secondary N) is 1. The molecular formula is C20H19ClN2O5. The topological polar surface area (TPSA) is 77.1 Å². The number of rotatable bonds is 5. The minimum absolute atomic E-state index is 0.0504. The second kappa shape index (κ2) is 7.59. The Hall–Kier alpha value is -2.93. The Bertz CT molecular complexity index is 933. The van der Waals surface area contributed by atoms with E-state index in [9.17, 15) is 9.59 Å². The van der Waals surface area contributed by atoms with E-state index >= 15 is 0 Å². The summed E-state index contributed by atoms with van der Waals surface area (Å²) in [6.07, 6.45) is 0.811. The molecule has 28 heavy (non-hydrogen) atoms. The van der Waals surface area contributed by atoms with Gasteiger partial charge in [0.1, 0.15) is 11.8 Å². The fourth-order valence-electron chi connectivity index (χ4n) is 3.41. The van der Waals surface area contributed by atoms with Gasteiger partial charge in [0, 0.05) is 18.7 Å². The molecular weight excluding hydrogens is 384 g/mol. The quantitative estimate of drug-likeness (QED) is 0.831. The lowest BCUT2D eigenvalue weighted by Crippen LogP contribution is -2.41. The number of likely N-dealkylation sites (tertiary alicyclic amines) is 1. The number of carbonyl (C=O) groups is 2. The van der Waals surface area contributed by atoms with Gasteiger partial charge in [-0.3, -0.25) is 9.59 Å². The van der Waals surface area contributed by atoms with Crippen molar-refractivity contribution in [3.8, 4) is 17.2 Å². The van der Waals surface area contributed by atoms with Crippen molar-refractivity contribution in [2.45, 2.75) is 25.4 Å².